The van der Waals surface area contributed by atoms with E-state index < -0.39 is 0 Å². The van der Waals surface area contributed by atoms with E-state index in [0.29, 0.717) is 5.92 Å². The molecule has 0 aliphatic carbocycles. The number of rotatable bonds is 7. The summed E-state index contributed by atoms with van der Waals surface area (Å²) < 4.78 is 11.6. The molecule has 114 valence electrons. The fourth-order valence-electron chi connectivity index (χ4n) is 3.37. The summed E-state index contributed by atoms with van der Waals surface area (Å²) in [6, 6.07) is 0. The van der Waals surface area contributed by atoms with Gasteiger partial charge in [-0.2, -0.15) is 0 Å². The standard InChI is InChI=1S/C18H30O2/c1-8-13(9-2)16-15(11-4)17(19-6)12(5)14(10-3)18(16)20-7/h13H,8-11H2,1-7H3. The van der Waals surface area contributed by atoms with Crippen molar-refractivity contribution in [2.75, 3.05) is 14.2 Å². The molecule has 0 saturated heterocycles. The molecule has 0 radical (unpaired) electrons. The molecule has 0 spiro atoms. The van der Waals surface area contributed by atoms with Gasteiger partial charge in [0.1, 0.15) is 11.5 Å². The Kier molecular flexibility index (Phi) is 6.38. The second-order valence-corrected chi connectivity index (χ2v) is 5.28. The molecule has 0 aromatic heterocycles. The molecular weight excluding hydrogens is 248 g/mol. The highest BCUT2D eigenvalue weighted by Gasteiger charge is 2.25. The van der Waals surface area contributed by atoms with Gasteiger partial charge in [-0.15, -0.1) is 0 Å². The van der Waals surface area contributed by atoms with Gasteiger partial charge in [0.25, 0.3) is 0 Å². The van der Waals surface area contributed by atoms with E-state index in [9.17, 15) is 0 Å². The third-order valence-corrected chi connectivity index (χ3v) is 4.42. The highest BCUT2D eigenvalue weighted by molar-refractivity contribution is 5.60. The van der Waals surface area contributed by atoms with Crippen molar-refractivity contribution in [3.8, 4) is 11.5 Å². The molecule has 0 aliphatic heterocycles. The molecule has 0 bridgehead atoms. The van der Waals surface area contributed by atoms with Crippen LogP contribution in [0, 0.1) is 6.92 Å². The first-order valence-electron chi connectivity index (χ1n) is 7.87. The van der Waals surface area contributed by atoms with Crippen LogP contribution in [0.5, 0.6) is 11.5 Å². The summed E-state index contributed by atoms with van der Waals surface area (Å²) >= 11 is 0. The van der Waals surface area contributed by atoms with Crippen LogP contribution in [0.2, 0.25) is 0 Å². The van der Waals surface area contributed by atoms with Crippen LogP contribution in [0.1, 0.15) is 68.7 Å². The first-order chi connectivity index (χ1) is 9.60. The van der Waals surface area contributed by atoms with Gasteiger partial charge in [-0.3, -0.25) is 0 Å². The van der Waals surface area contributed by atoms with Crippen molar-refractivity contribution in [1.29, 1.82) is 0 Å². The topological polar surface area (TPSA) is 18.5 Å². The Labute approximate surface area is 124 Å². The van der Waals surface area contributed by atoms with Gasteiger partial charge in [-0.1, -0.05) is 27.7 Å². The SMILES string of the molecule is CCc1c(C)c(OC)c(CC)c(C(CC)CC)c1OC. The maximum atomic E-state index is 5.82. The molecule has 0 unspecified atom stereocenters. The largest absolute Gasteiger partial charge is 0.496 e. The Morgan fingerprint density at radius 2 is 1.30 bits per heavy atom. The van der Waals surface area contributed by atoms with E-state index in [-0.39, 0.29) is 0 Å². The summed E-state index contributed by atoms with van der Waals surface area (Å²) in [7, 11) is 3.58. The van der Waals surface area contributed by atoms with Crippen molar-refractivity contribution in [3.05, 3.63) is 22.3 Å². The highest BCUT2D eigenvalue weighted by atomic mass is 16.5. The predicted octanol–water partition coefficient (Wildman–Crippen LogP) is 5.04. The van der Waals surface area contributed by atoms with Crippen molar-refractivity contribution in [1.82, 2.24) is 0 Å². The van der Waals surface area contributed by atoms with Gasteiger partial charge in [0, 0.05) is 16.7 Å². The van der Waals surface area contributed by atoms with Gasteiger partial charge in [0.05, 0.1) is 14.2 Å². The van der Waals surface area contributed by atoms with E-state index in [1.54, 1.807) is 14.2 Å². The third kappa shape index (κ3) is 2.79. The van der Waals surface area contributed by atoms with Gasteiger partial charge in [-0.05, 0) is 44.1 Å². The zero-order valence-electron chi connectivity index (χ0n) is 14.2. The van der Waals surface area contributed by atoms with Crippen LogP contribution in [0.4, 0.5) is 0 Å². The first-order valence-corrected chi connectivity index (χ1v) is 7.87. The van der Waals surface area contributed by atoms with Crippen LogP contribution in [0.15, 0.2) is 0 Å². The minimum absolute atomic E-state index is 0.541. The second kappa shape index (κ2) is 7.56. The summed E-state index contributed by atoms with van der Waals surface area (Å²) in [6.07, 6.45) is 4.23. The van der Waals surface area contributed by atoms with E-state index in [0.717, 1.165) is 37.2 Å². The van der Waals surface area contributed by atoms with Crippen molar-refractivity contribution >= 4 is 0 Å². The van der Waals surface area contributed by atoms with E-state index in [1.807, 2.05) is 0 Å². The quantitative estimate of drug-likeness (QED) is 0.695. The van der Waals surface area contributed by atoms with E-state index in [4.69, 9.17) is 9.47 Å². The Bertz CT molecular complexity index is 412. The average Bonchev–Trinajstić information content (AvgIpc) is 2.48. The predicted molar refractivity (Wildman–Crippen MR) is 86.4 cm³/mol. The van der Waals surface area contributed by atoms with Crippen LogP contribution < -0.4 is 9.47 Å². The van der Waals surface area contributed by atoms with E-state index in [2.05, 4.69) is 34.6 Å². The fraction of sp³-hybridized carbons (Fsp3) is 0.667. The number of benzene rings is 1. The lowest BCUT2D eigenvalue weighted by molar-refractivity contribution is 0.382. The minimum atomic E-state index is 0.541. The first kappa shape index (κ1) is 16.9. The number of ether oxygens (including phenoxy) is 2. The summed E-state index contributed by atoms with van der Waals surface area (Å²) in [5, 5.41) is 0. The fourth-order valence-corrected chi connectivity index (χ4v) is 3.37. The molecule has 2 nitrogen and oxygen atoms in total. The van der Waals surface area contributed by atoms with Crippen molar-refractivity contribution in [2.45, 2.75) is 66.2 Å². The van der Waals surface area contributed by atoms with Gasteiger partial charge < -0.3 is 9.47 Å². The Hall–Kier alpha value is -1.18. The molecule has 0 saturated carbocycles. The monoisotopic (exact) mass is 278 g/mol. The van der Waals surface area contributed by atoms with Crippen LogP contribution in [0.3, 0.4) is 0 Å². The average molecular weight is 278 g/mol. The lowest BCUT2D eigenvalue weighted by Crippen LogP contribution is -2.10. The van der Waals surface area contributed by atoms with Gasteiger partial charge in [0.15, 0.2) is 0 Å². The maximum absolute atomic E-state index is 5.82. The minimum Gasteiger partial charge on any atom is -0.496 e. The molecular formula is C18H30O2. The van der Waals surface area contributed by atoms with Crippen molar-refractivity contribution < 1.29 is 9.47 Å². The van der Waals surface area contributed by atoms with Crippen LogP contribution >= 0.6 is 0 Å². The Morgan fingerprint density at radius 3 is 1.65 bits per heavy atom. The number of hydrogen-bond acceptors (Lipinski definition) is 2. The molecule has 2 heteroatoms. The zero-order valence-corrected chi connectivity index (χ0v) is 14.2. The summed E-state index contributed by atoms with van der Waals surface area (Å²) in [5.74, 6) is 2.70. The zero-order chi connectivity index (χ0) is 15.3. The lowest BCUT2D eigenvalue weighted by atomic mass is 9.84. The molecule has 0 aliphatic rings. The summed E-state index contributed by atoms with van der Waals surface area (Å²) in [5.41, 5.74) is 5.23. The summed E-state index contributed by atoms with van der Waals surface area (Å²) in [6.45, 7) is 11.0. The van der Waals surface area contributed by atoms with Gasteiger partial charge >= 0.3 is 0 Å². The van der Waals surface area contributed by atoms with Crippen molar-refractivity contribution in [3.63, 3.8) is 0 Å². The van der Waals surface area contributed by atoms with E-state index >= 15 is 0 Å². The Morgan fingerprint density at radius 1 is 0.800 bits per heavy atom. The lowest BCUT2D eigenvalue weighted by Gasteiger charge is -2.26. The summed E-state index contributed by atoms with van der Waals surface area (Å²) in [4.78, 5) is 0. The van der Waals surface area contributed by atoms with E-state index in [1.165, 1.54) is 22.3 Å². The molecule has 1 rings (SSSR count). The maximum Gasteiger partial charge on any atom is 0.126 e. The molecule has 0 amide bonds. The Balaban J connectivity index is 3.75. The van der Waals surface area contributed by atoms with Crippen LogP contribution in [-0.4, -0.2) is 14.2 Å². The highest BCUT2D eigenvalue weighted by Crippen LogP contribution is 2.44. The van der Waals surface area contributed by atoms with Gasteiger partial charge in [0.2, 0.25) is 0 Å². The van der Waals surface area contributed by atoms with Crippen molar-refractivity contribution in [2.24, 2.45) is 0 Å². The molecule has 0 N–H and O–H groups in total. The molecule has 0 fully saturated rings. The smallest absolute Gasteiger partial charge is 0.126 e. The molecule has 20 heavy (non-hydrogen) atoms. The third-order valence-electron chi connectivity index (χ3n) is 4.42. The van der Waals surface area contributed by atoms with Crippen LogP contribution in [-0.2, 0) is 12.8 Å². The normalized spacial score (nSPS) is 11.0. The number of methoxy groups -OCH3 is 2. The van der Waals surface area contributed by atoms with Crippen LogP contribution in [0.25, 0.3) is 0 Å². The number of hydrogen-bond donors (Lipinski definition) is 0. The molecule has 1 aromatic rings. The molecule has 1 aromatic carbocycles. The molecule has 0 atom stereocenters. The van der Waals surface area contributed by atoms with Gasteiger partial charge in [-0.25, -0.2) is 0 Å². The molecule has 0 heterocycles. The second-order valence-electron chi connectivity index (χ2n) is 5.28.